The predicted molar refractivity (Wildman–Crippen MR) is 105 cm³/mol. The van der Waals surface area contributed by atoms with Crippen LogP contribution < -0.4 is 11.1 Å². The highest BCUT2D eigenvalue weighted by atomic mass is 16.5. The summed E-state index contributed by atoms with van der Waals surface area (Å²) in [6.07, 6.45) is 1.41. The summed E-state index contributed by atoms with van der Waals surface area (Å²) in [6, 6.07) is 11.9. The van der Waals surface area contributed by atoms with Crippen LogP contribution in [0.2, 0.25) is 0 Å². The Balaban J connectivity index is 1.87. The fourth-order valence-electron chi connectivity index (χ4n) is 2.67. The highest BCUT2D eigenvalue weighted by Gasteiger charge is 2.28. The number of aromatic carboxylic acids is 1. The van der Waals surface area contributed by atoms with Crippen LogP contribution in [0, 0.1) is 0 Å². The standard InChI is InChI=1S/C20H23N5O4/c1-20(2,21)19(28)22-15(12-29-11-13-6-4-3-5-7-13)17-24-23-16-9-8-14(18(26)27)10-25(16)17/h3-10,15H,11-12,21H2,1-2H3,(H,22,28)(H,26,27). The Morgan fingerprint density at radius 1 is 1.21 bits per heavy atom. The van der Waals surface area contributed by atoms with Gasteiger partial charge in [0.25, 0.3) is 0 Å². The minimum absolute atomic E-state index is 0.0768. The maximum absolute atomic E-state index is 12.5. The summed E-state index contributed by atoms with van der Waals surface area (Å²) < 4.78 is 7.32. The van der Waals surface area contributed by atoms with Crippen molar-refractivity contribution in [3.63, 3.8) is 0 Å². The summed E-state index contributed by atoms with van der Waals surface area (Å²) in [4.78, 5) is 23.8. The first-order chi connectivity index (χ1) is 13.8. The van der Waals surface area contributed by atoms with E-state index in [1.165, 1.54) is 16.7 Å². The summed E-state index contributed by atoms with van der Waals surface area (Å²) >= 11 is 0. The molecule has 0 spiro atoms. The molecule has 29 heavy (non-hydrogen) atoms. The lowest BCUT2D eigenvalue weighted by Crippen LogP contribution is -2.50. The van der Waals surface area contributed by atoms with E-state index >= 15 is 0 Å². The van der Waals surface area contributed by atoms with E-state index in [1.807, 2.05) is 30.3 Å². The van der Waals surface area contributed by atoms with Gasteiger partial charge in [-0.05, 0) is 31.5 Å². The molecule has 3 rings (SSSR count). The number of ether oxygens (including phenoxy) is 1. The van der Waals surface area contributed by atoms with Crippen LogP contribution in [-0.4, -0.2) is 43.7 Å². The Hall–Kier alpha value is -3.30. The summed E-state index contributed by atoms with van der Waals surface area (Å²) in [5, 5.41) is 20.3. The Morgan fingerprint density at radius 2 is 1.93 bits per heavy atom. The van der Waals surface area contributed by atoms with E-state index in [4.69, 9.17) is 10.5 Å². The maximum Gasteiger partial charge on any atom is 0.337 e. The van der Waals surface area contributed by atoms with E-state index in [0.29, 0.717) is 18.1 Å². The lowest BCUT2D eigenvalue weighted by Gasteiger charge is -2.23. The van der Waals surface area contributed by atoms with Gasteiger partial charge in [-0.2, -0.15) is 0 Å². The number of carbonyl (C=O) groups excluding carboxylic acids is 1. The minimum atomic E-state index is -1.11. The molecule has 152 valence electrons. The zero-order valence-corrected chi connectivity index (χ0v) is 16.2. The molecule has 0 aliphatic rings. The maximum atomic E-state index is 12.5. The molecule has 0 aliphatic heterocycles. The number of benzene rings is 1. The van der Waals surface area contributed by atoms with E-state index in [0.717, 1.165) is 5.56 Å². The Morgan fingerprint density at radius 3 is 2.59 bits per heavy atom. The topological polar surface area (TPSA) is 132 Å². The number of pyridine rings is 1. The average Bonchev–Trinajstić information content (AvgIpc) is 3.10. The fourth-order valence-corrected chi connectivity index (χ4v) is 2.67. The van der Waals surface area contributed by atoms with Crippen molar-refractivity contribution in [2.75, 3.05) is 6.61 Å². The molecule has 0 saturated heterocycles. The first-order valence-electron chi connectivity index (χ1n) is 9.05. The molecule has 0 radical (unpaired) electrons. The molecule has 9 nitrogen and oxygen atoms in total. The van der Waals surface area contributed by atoms with Crippen molar-refractivity contribution < 1.29 is 19.4 Å². The first kappa shape index (κ1) is 20.4. The van der Waals surface area contributed by atoms with Crippen LogP contribution in [0.15, 0.2) is 48.7 Å². The molecule has 2 aromatic heterocycles. The van der Waals surface area contributed by atoms with E-state index in [9.17, 15) is 14.7 Å². The second-order valence-corrected chi connectivity index (χ2v) is 7.26. The molecular formula is C20H23N5O4. The van der Waals surface area contributed by atoms with Crippen LogP contribution in [0.25, 0.3) is 5.65 Å². The van der Waals surface area contributed by atoms with Gasteiger partial charge in [-0.25, -0.2) is 4.79 Å². The van der Waals surface area contributed by atoms with E-state index in [-0.39, 0.29) is 12.2 Å². The molecule has 2 heterocycles. The molecule has 0 aliphatic carbocycles. The normalized spacial score (nSPS) is 12.7. The van der Waals surface area contributed by atoms with Gasteiger partial charge in [0.05, 0.1) is 24.3 Å². The van der Waals surface area contributed by atoms with Gasteiger partial charge in [0.1, 0.15) is 6.04 Å². The van der Waals surface area contributed by atoms with Gasteiger partial charge in [-0.3, -0.25) is 9.20 Å². The Bertz CT molecular complexity index is 1010. The number of carboxylic acids is 1. The van der Waals surface area contributed by atoms with Crippen LogP contribution in [-0.2, 0) is 16.1 Å². The number of nitrogens with zero attached hydrogens (tertiary/aromatic N) is 3. The van der Waals surface area contributed by atoms with Crippen LogP contribution in [0.5, 0.6) is 0 Å². The SMILES string of the molecule is CC(C)(N)C(=O)NC(COCc1ccccc1)c1nnc2ccc(C(=O)O)cn12. The van der Waals surface area contributed by atoms with Gasteiger partial charge < -0.3 is 20.9 Å². The van der Waals surface area contributed by atoms with Crippen LogP contribution in [0.4, 0.5) is 0 Å². The predicted octanol–water partition coefficient (Wildman–Crippen LogP) is 1.54. The lowest BCUT2D eigenvalue weighted by atomic mass is 10.1. The molecule has 1 unspecified atom stereocenters. The van der Waals surface area contributed by atoms with Gasteiger partial charge in [-0.1, -0.05) is 30.3 Å². The molecule has 4 N–H and O–H groups in total. The number of hydrogen-bond acceptors (Lipinski definition) is 6. The number of hydrogen-bond donors (Lipinski definition) is 3. The number of amides is 1. The molecule has 1 aromatic carbocycles. The molecule has 9 heteroatoms. The zero-order valence-electron chi connectivity index (χ0n) is 16.2. The number of fused-ring (bicyclic) bond motifs is 1. The number of carboxylic acid groups (broad SMARTS) is 1. The smallest absolute Gasteiger partial charge is 0.337 e. The second kappa shape index (κ2) is 8.38. The van der Waals surface area contributed by atoms with Crippen molar-refractivity contribution in [2.45, 2.75) is 32.0 Å². The number of nitrogens with two attached hydrogens (primary N) is 1. The highest BCUT2D eigenvalue weighted by molar-refractivity contribution is 5.87. The van der Waals surface area contributed by atoms with Crippen molar-refractivity contribution in [1.29, 1.82) is 0 Å². The molecule has 0 fully saturated rings. The summed E-state index contributed by atoms with van der Waals surface area (Å²) in [6.45, 7) is 3.63. The van der Waals surface area contributed by atoms with Crippen LogP contribution in [0.1, 0.15) is 41.6 Å². The van der Waals surface area contributed by atoms with Crippen molar-refractivity contribution in [3.8, 4) is 0 Å². The third kappa shape index (κ3) is 4.95. The average molecular weight is 397 g/mol. The molecular weight excluding hydrogens is 374 g/mol. The third-order valence-electron chi connectivity index (χ3n) is 4.27. The van der Waals surface area contributed by atoms with Gasteiger partial charge in [0.2, 0.25) is 5.91 Å². The molecule has 1 atom stereocenters. The van der Waals surface area contributed by atoms with Gasteiger partial charge >= 0.3 is 5.97 Å². The van der Waals surface area contributed by atoms with Crippen molar-refractivity contribution in [3.05, 3.63) is 65.6 Å². The summed E-state index contributed by atoms with van der Waals surface area (Å²) in [5.41, 5.74) is 6.31. The van der Waals surface area contributed by atoms with Gasteiger partial charge in [-0.15, -0.1) is 10.2 Å². The molecule has 0 saturated carbocycles. The van der Waals surface area contributed by atoms with Crippen molar-refractivity contribution >= 4 is 17.5 Å². The zero-order chi connectivity index (χ0) is 21.0. The van der Waals surface area contributed by atoms with Crippen molar-refractivity contribution in [2.24, 2.45) is 5.73 Å². The molecule has 3 aromatic rings. The van der Waals surface area contributed by atoms with Crippen LogP contribution >= 0.6 is 0 Å². The molecule has 1 amide bonds. The monoisotopic (exact) mass is 397 g/mol. The number of rotatable bonds is 8. The summed E-state index contributed by atoms with van der Waals surface area (Å²) in [5.74, 6) is -1.11. The minimum Gasteiger partial charge on any atom is -0.478 e. The number of carbonyl (C=O) groups is 2. The highest BCUT2D eigenvalue weighted by Crippen LogP contribution is 2.17. The number of aromatic nitrogens is 3. The Kier molecular flexibility index (Phi) is 5.90. The Labute approximate surface area is 167 Å². The van der Waals surface area contributed by atoms with E-state index < -0.39 is 23.5 Å². The summed E-state index contributed by atoms with van der Waals surface area (Å²) in [7, 11) is 0. The fraction of sp³-hybridized carbons (Fsp3) is 0.300. The van der Waals surface area contributed by atoms with Gasteiger partial charge in [0.15, 0.2) is 11.5 Å². The first-order valence-corrected chi connectivity index (χ1v) is 9.05. The largest absolute Gasteiger partial charge is 0.478 e. The second-order valence-electron chi connectivity index (χ2n) is 7.26. The quantitative estimate of drug-likeness (QED) is 0.525. The number of nitrogens with one attached hydrogen (secondary N) is 1. The van der Waals surface area contributed by atoms with Crippen molar-refractivity contribution in [1.82, 2.24) is 19.9 Å². The lowest BCUT2D eigenvalue weighted by molar-refractivity contribution is -0.126. The van der Waals surface area contributed by atoms with E-state index in [2.05, 4.69) is 15.5 Å². The third-order valence-corrected chi connectivity index (χ3v) is 4.27. The van der Waals surface area contributed by atoms with Crippen LogP contribution in [0.3, 0.4) is 0 Å². The van der Waals surface area contributed by atoms with E-state index in [1.54, 1.807) is 19.9 Å². The molecule has 0 bridgehead atoms. The van der Waals surface area contributed by atoms with Gasteiger partial charge in [0, 0.05) is 6.20 Å².